The van der Waals surface area contributed by atoms with Crippen LogP contribution in [0.15, 0.2) is 49.2 Å². The molecule has 1 aliphatic heterocycles. The molecule has 1 N–H and O–H groups in total. The van der Waals surface area contributed by atoms with Gasteiger partial charge in [0.25, 0.3) is 0 Å². The van der Waals surface area contributed by atoms with Crippen molar-refractivity contribution in [2.75, 3.05) is 19.7 Å². The summed E-state index contributed by atoms with van der Waals surface area (Å²) in [6.07, 6.45) is 9.76. The molecule has 0 radical (unpaired) electrons. The summed E-state index contributed by atoms with van der Waals surface area (Å²) < 4.78 is 2.02. The first-order chi connectivity index (χ1) is 15.5. The minimum atomic E-state index is -0.161. The van der Waals surface area contributed by atoms with Gasteiger partial charge in [0, 0.05) is 54.4 Å². The normalized spacial score (nSPS) is 16.1. The lowest BCUT2D eigenvalue weighted by Crippen LogP contribution is -2.43. The number of aliphatic hydroxyl groups is 1. The molecule has 7 heteroatoms. The molecule has 0 aliphatic carbocycles. The Morgan fingerprint density at radius 1 is 1.19 bits per heavy atom. The quantitative estimate of drug-likeness (QED) is 0.590. The summed E-state index contributed by atoms with van der Waals surface area (Å²) in [5.74, 6) is 0. The van der Waals surface area contributed by atoms with E-state index < -0.39 is 0 Å². The molecule has 3 aromatic rings. The fourth-order valence-corrected chi connectivity index (χ4v) is 4.74. The highest BCUT2D eigenvalue weighted by Gasteiger charge is 2.34. The van der Waals surface area contributed by atoms with Crippen LogP contribution in [0.25, 0.3) is 0 Å². The fraction of sp³-hybridized carbons (Fsp3) is 0.400. The average molecular weight is 450 g/mol. The molecule has 1 saturated heterocycles. The van der Waals surface area contributed by atoms with Crippen molar-refractivity contribution in [2.45, 2.75) is 39.3 Å². The molecule has 1 aromatic carbocycles. The molecule has 4 rings (SSSR count). The van der Waals surface area contributed by atoms with Gasteiger partial charge in [0.05, 0.1) is 18.0 Å². The predicted molar refractivity (Wildman–Crippen MR) is 124 cm³/mol. The van der Waals surface area contributed by atoms with Gasteiger partial charge in [0.15, 0.2) is 0 Å². The lowest BCUT2D eigenvalue weighted by Gasteiger charge is -2.40. The molecular weight excluding hydrogens is 422 g/mol. The maximum absolute atomic E-state index is 10.2. The molecule has 0 unspecified atom stereocenters. The number of imidazole rings is 1. The molecule has 0 spiro atoms. The zero-order chi connectivity index (χ0) is 22.6. The Balaban J connectivity index is 1.44. The van der Waals surface area contributed by atoms with E-state index in [2.05, 4.69) is 27.0 Å². The Labute approximate surface area is 194 Å². The van der Waals surface area contributed by atoms with Gasteiger partial charge in [-0.2, -0.15) is 5.26 Å². The van der Waals surface area contributed by atoms with Gasteiger partial charge in [0.2, 0.25) is 0 Å². The van der Waals surface area contributed by atoms with Crippen molar-refractivity contribution in [1.82, 2.24) is 19.4 Å². The largest absolute Gasteiger partial charge is 0.396 e. The van der Waals surface area contributed by atoms with Crippen LogP contribution < -0.4 is 0 Å². The molecule has 0 amide bonds. The number of hydrogen-bond donors (Lipinski definition) is 1. The fourth-order valence-electron chi connectivity index (χ4n) is 4.55. The van der Waals surface area contributed by atoms with E-state index >= 15 is 0 Å². The van der Waals surface area contributed by atoms with Crippen LogP contribution >= 0.6 is 11.6 Å². The van der Waals surface area contributed by atoms with Crippen LogP contribution in [0.1, 0.15) is 40.8 Å². The van der Waals surface area contributed by atoms with Crippen molar-refractivity contribution in [3.63, 3.8) is 0 Å². The van der Waals surface area contributed by atoms with Crippen molar-refractivity contribution >= 4 is 11.6 Å². The van der Waals surface area contributed by atoms with Crippen LogP contribution in [0.4, 0.5) is 0 Å². The molecule has 2 aromatic heterocycles. The van der Waals surface area contributed by atoms with Crippen LogP contribution in [0, 0.1) is 23.7 Å². The van der Waals surface area contributed by atoms with Crippen LogP contribution in [0.5, 0.6) is 0 Å². The van der Waals surface area contributed by atoms with Gasteiger partial charge in [0.1, 0.15) is 0 Å². The molecule has 0 atom stereocenters. The van der Waals surface area contributed by atoms with E-state index in [1.54, 1.807) is 24.8 Å². The zero-order valence-corrected chi connectivity index (χ0v) is 19.1. The number of pyridine rings is 1. The van der Waals surface area contributed by atoms with E-state index in [1.165, 1.54) is 0 Å². The highest BCUT2D eigenvalue weighted by Crippen LogP contribution is 2.35. The average Bonchev–Trinajstić information content (AvgIpc) is 3.30. The first kappa shape index (κ1) is 22.5. The van der Waals surface area contributed by atoms with Crippen molar-refractivity contribution in [3.05, 3.63) is 82.2 Å². The van der Waals surface area contributed by atoms with Crippen LogP contribution in [-0.2, 0) is 19.5 Å². The number of benzene rings is 1. The second kappa shape index (κ2) is 9.83. The van der Waals surface area contributed by atoms with Crippen LogP contribution in [0.3, 0.4) is 0 Å². The van der Waals surface area contributed by atoms with Crippen molar-refractivity contribution in [3.8, 4) is 6.07 Å². The van der Waals surface area contributed by atoms with Gasteiger partial charge in [-0.3, -0.25) is 9.88 Å². The lowest BCUT2D eigenvalue weighted by molar-refractivity contribution is 0.0406. The van der Waals surface area contributed by atoms with Crippen molar-refractivity contribution in [1.29, 1.82) is 5.26 Å². The third kappa shape index (κ3) is 5.18. The van der Waals surface area contributed by atoms with Crippen molar-refractivity contribution in [2.24, 2.45) is 5.41 Å². The molecule has 166 valence electrons. The maximum Gasteiger partial charge on any atom is 0.0994 e. The first-order valence-corrected chi connectivity index (χ1v) is 11.3. The third-order valence-electron chi connectivity index (χ3n) is 6.60. The van der Waals surface area contributed by atoms with E-state index in [-0.39, 0.29) is 12.0 Å². The molecule has 3 heterocycles. The molecule has 1 aliphatic rings. The highest BCUT2D eigenvalue weighted by molar-refractivity contribution is 6.30. The summed E-state index contributed by atoms with van der Waals surface area (Å²) in [5.41, 5.74) is 4.82. The smallest absolute Gasteiger partial charge is 0.0994 e. The van der Waals surface area contributed by atoms with Crippen molar-refractivity contribution < 1.29 is 5.11 Å². The van der Waals surface area contributed by atoms with E-state index in [9.17, 15) is 10.4 Å². The van der Waals surface area contributed by atoms with Gasteiger partial charge in [-0.15, -0.1) is 0 Å². The first-order valence-electron chi connectivity index (χ1n) is 10.9. The summed E-state index contributed by atoms with van der Waals surface area (Å²) in [4.78, 5) is 11.0. The summed E-state index contributed by atoms with van der Waals surface area (Å²) in [5, 5.41) is 20.5. The Morgan fingerprint density at radius 2 is 2.00 bits per heavy atom. The molecule has 1 fully saturated rings. The number of halogens is 1. The number of piperidine rings is 1. The van der Waals surface area contributed by atoms with Gasteiger partial charge >= 0.3 is 0 Å². The SMILES string of the molecule is Cc1c(C#N)cc(CN2CCC(CO)(Cc3cc(Cl)ccn3)CC2)cc1Cn1ccnc1. The minimum Gasteiger partial charge on any atom is -0.396 e. The number of aliphatic hydroxyl groups excluding tert-OH is 1. The number of likely N-dealkylation sites (tertiary alicyclic amines) is 1. The van der Waals surface area contributed by atoms with E-state index in [4.69, 9.17) is 11.6 Å². The maximum atomic E-state index is 10.2. The monoisotopic (exact) mass is 449 g/mol. The molecule has 32 heavy (non-hydrogen) atoms. The second-order valence-electron chi connectivity index (χ2n) is 8.85. The standard InChI is InChI=1S/C25H28ClN5O/c1-19-21(14-27)10-20(11-22(19)16-31-9-6-28-18-31)15-30-7-3-25(17-32,4-8-30)13-24-12-23(26)2-5-29-24/h2,5-6,9-12,18,32H,3-4,7-8,13,15-17H2,1H3. The van der Waals surface area contributed by atoms with Gasteiger partial charge in [-0.25, -0.2) is 4.98 Å². The zero-order valence-electron chi connectivity index (χ0n) is 18.3. The Bertz CT molecular complexity index is 1100. The highest BCUT2D eigenvalue weighted by atomic mass is 35.5. The number of nitrogens with zero attached hydrogens (tertiary/aromatic N) is 5. The Kier molecular flexibility index (Phi) is 6.90. The molecule has 0 bridgehead atoms. The van der Waals surface area contributed by atoms with Gasteiger partial charge in [-0.1, -0.05) is 17.7 Å². The molecule has 0 saturated carbocycles. The van der Waals surface area contributed by atoms with Gasteiger partial charge in [-0.05, 0) is 74.2 Å². The summed E-state index contributed by atoms with van der Waals surface area (Å²) in [6.45, 7) is 5.45. The minimum absolute atomic E-state index is 0.146. The number of hydrogen-bond acceptors (Lipinski definition) is 5. The van der Waals surface area contributed by atoms with Crippen LogP contribution in [0.2, 0.25) is 5.02 Å². The Morgan fingerprint density at radius 3 is 2.66 bits per heavy atom. The number of rotatable bonds is 7. The van der Waals surface area contributed by atoms with E-state index in [0.29, 0.717) is 11.6 Å². The topological polar surface area (TPSA) is 78.0 Å². The molecular formula is C25H28ClN5O. The summed E-state index contributed by atoms with van der Waals surface area (Å²) >= 11 is 6.12. The predicted octanol–water partition coefficient (Wildman–Crippen LogP) is 3.98. The second-order valence-corrected chi connectivity index (χ2v) is 9.29. The molecule has 6 nitrogen and oxygen atoms in total. The Hall–Kier alpha value is -2.72. The number of nitriles is 1. The van der Waals surface area contributed by atoms with Crippen LogP contribution in [-0.4, -0.2) is 44.2 Å². The van der Waals surface area contributed by atoms with E-state index in [1.807, 2.05) is 29.8 Å². The van der Waals surface area contributed by atoms with E-state index in [0.717, 1.165) is 66.8 Å². The third-order valence-corrected chi connectivity index (χ3v) is 6.84. The summed E-state index contributed by atoms with van der Waals surface area (Å²) in [7, 11) is 0. The van der Waals surface area contributed by atoms with Gasteiger partial charge < -0.3 is 9.67 Å². The summed E-state index contributed by atoms with van der Waals surface area (Å²) in [6, 6.07) is 10.2. The number of aromatic nitrogens is 3. The lowest BCUT2D eigenvalue weighted by atomic mass is 9.75.